The molecule has 0 radical (unpaired) electrons. The average Bonchev–Trinajstić information content (AvgIpc) is 2.31. The van der Waals surface area contributed by atoms with Gasteiger partial charge in [-0.3, -0.25) is 9.78 Å². The number of benzene rings is 1. The molecule has 1 aromatic carbocycles. The third-order valence-electron chi connectivity index (χ3n) is 2.14. The number of hydrogen-bond donors (Lipinski definition) is 1. The second-order valence-corrected chi connectivity index (χ2v) is 3.87. The van der Waals surface area contributed by atoms with Crippen LogP contribution >= 0.6 is 11.6 Å². The summed E-state index contributed by atoms with van der Waals surface area (Å²) >= 11 is 5.82. The zero-order valence-electron chi connectivity index (χ0n) is 8.95. The molecule has 2 aromatic rings. The molecule has 0 bridgehead atoms. The maximum Gasteiger partial charge on any atom is 0.255 e. The number of nitrogens with one attached hydrogen (secondary N) is 1. The van der Waals surface area contributed by atoms with Gasteiger partial charge in [-0.1, -0.05) is 11.6 Å². The van der Waals surface area contributed by atoms with E-state index in [0.717, 1.165) is 12.1 Å². The van der Waals surface area contributed by atoms with E-state index in [2.05, 4.69) is 10.3 Å². The smallest absolute Gasteiger partial charge is 0.255 e. The first-order valence-electron chi connectivity index (χ1n) is 4.93. The number of carbonyl (C=O) groups is 1. The number of anilines is 1. The molecule has 0 saturated carbocycles. The molecule has 0 saturated heterocycles. The molecule has 0 fully saturated rings. The molecule has 0 aliphatic rings. The van der Waals surface area contributed by atoms with Gasteiger partial charge < -0.3 is 5.32 Å². The topological polar surface area (TPSA) is 42.0 Å². The van der Waals surface area contributed by atoms with Gasteiger partial charge >= 0.3 is 0 Å². The third-order valence-corrected chi connectivity index (χ3v) is 2.47. The second kappa shape index (κ2) is 5.10. The monoisotopic (exact) mass is 268 g/mol. The molecule has 1 amide bonds. The molecule has 92 valence electrons. The van der Waals surface area contributed by atoms with Crippen LogP contribution in [0.3, 0.4) is 0 Å². The van der Waals surface area contributed by atoms with Gasteiger partial charge in [0.05, 0.1) is 16.9 Å². The zero-order chi connectivity index (χ0) is 13.1. The molecule has 1 heterocycles. The third kappa shape index (κ3) is 2.81. The number of nitrogens with zero attached hydrogens (tertiary/aromatic N) is 1. The van der Waals surface area contributed by atoms with Gasteiger partial charge in [0.15, 0.2) is 0 Å². The molecule has 0 spiro atoms. The molecule has 0 atom stereocenters. The minimum absolute atomic E-state index is 0.132. The summed E-state index contributed by atoms with van der Waals surface area (Å²) < 4.78 is 25.9. The number of carbonyl (C=O) groups excluding carboxylic acids is 1. The zero-order valence-corrected chi connectivity index (χ0v) is 9.71. The van der Waals surface area contributed by atoms with Crippen molar-refractivity contribution in [2.24, 2.45) is 0 Å². The molecular weight excluding hydrogens is 262 g/mol. The van der Waals surface area contributed by atoms with Gasteiger partial charge in [0, 0.05) is 17.8 Å². The summed E-state index contributed by atoms with van der Waals surface area (Å²) in [5.41, 5.74) is 0.140. The molecule has 0 aliphatic carbocycles. The minimum atomic E-state index is -0.822. The Kier molecular flexibility index (Phi) is 3.53. The molecule has 1 N–H and O–H groups in total. The molecule has 1 aromatic heterocycles. The van der Waals surface area contributed by atoms with E-state index in [-0.39, 0.29) is 16.3 Å². The van der Waals surface area contributed by atoms with E-state index >= 15 is 0 Å². The Morgan fingerprint density at radius 1 is 1.22 bits per heavy atom. The Labute approximate surface area is 106 Å². The number of halogens is 3. The van der Waals surface area contributed by atoms with Crippen LogP contribution in [-0.2, 0) is 0 Å². The first-order valence-corrected chi connectivity index (χ1v) is 5.31. The first kappa shape index (κ1) is 12.4. The predicted octanol–water partition coefficient (Wildman–Crippen LogP) is 3.27. The van der Waals surface area contributed by atoms with Crippen molar-refractivity contribution in [3.8, 4) is 0 Å². The van der Waals surface area contributed by atoms with Crippen molar-refractivity contribution in [3.05, 3.63) is 58.9 Å². The summed E-state index contributed by atoms with van der Waals surface area (Å²) in [6.07, 6.45) is 2.80. The summed E-state index contributed by atoms with van der Waals surface area (Å²) in [5, 5.41) is 2.70. The quantitative estimate of drug-likeness (QED) is 0.908. The van der Waals surface area contributed by atoms with Crippen LogP contribution in [0.15, 0.2) is 36.7 Å². The normalized spacial score (nSPS) is 10.2. The number of aromatic nitrogens is 1. The SMILES string of the molecule is O=C(Nc1cnccc1Cl)c1cc(F)cc(F)c1. The van der Waals surface area contributed by atoms with E-state index in [9.17, 15) is 13.6 Å². The van der Waals surface area contributed by atoms with Gasteiger partial charge in [0.1, 0.15) is 11.6 Å². The number of pyridine rings is 1. The fourth-order valence-corrected chi connectivity index (χ4v) is 1.50. The Hall–Kier alpha value is -2.01. The highest BCUT2D eigenvalue weighted by molar-refractivity contribution is 6.33. The highest BCUT2D eigenvalue weighted by atomic mass is 35.5. The van der Waals surface area contributed by atoms with Crippen molar-refractivity contribution in [1.29, 1.82) is 0 Å². The Morgan fingerprint density at radius 2 is 1.89 bits per heavy atom. The van der Waals surface area contributed by atoms with Crippen molar-refractivity contribution in [3.63, 3.8) is 0 Å². The molecule has 18 heavy (non-hydrogen) atoms. The highest BCUT2D eigenvalue weighted by Gasteiger charge is 2.11. The summed E-state index contributed by atoms with van der Waals surface area (Å²) in [6, 6.07) is 4.04. The summed E-state index contributed by atoms with van der Waals surface area (Å²) in [7, 11) is 0. The van der Waals surface area contributed by atoms with Gasteiger partial charge in [-0.15, -0.1) is 0 Å². The molecule has 3 nitrogen and oxygen atoms in total. The second-order valence-electron chi connectivity index (χ2n) is 3.47. The lowest BCUT2D eigenvalue weighted by Gasteiger charge is -2.06. The van der Waals surface area contributed by atoms with Gasteiger partial charge in [-0.2, -0.15) is 0 Å². The van der Waals surface area contributed by atoms with Crippen LogP contribution in [0.5, 0.6) is 0 Å². The van der Waals surface area contributed by atoms with Crippen LogP contribution in [0.4, 0.5) is 14.5 Å². The number of amides is 1. The van der Waals surface area contributed by atoms with Crippen LogP contribution in [-0.4, -0.2) is 10.9 Å². The molecule has 0 unspecified atom stereocenters. The summed E-state index contributed by atoms with van der Waals surface area (Å²) in [5.74, 6) is -2.31. The lowest BCUT2D eigenvalue weighted by atomic mass is 10.2. The molecular formula is C12H7ClF2N2O. The summed E-state index contributed by atoms with van der Waals surface area (Å²) in [4.78, 5) is 15.5. The van der Waals surface area contributed by atoms with E-state index in [4.69, 9.17) is 11.6 Å². The largest absolute Gasteiger partial charge is 0.319 e. The fraction of sp³-hybridized carbons (Fsp3) is 0. The first-order chi connectivity index (χ1) is 8.56. The van der Waals surface area contributed by atoms with Gasteiger partial charge in [0.2, 0.25) is 0 Å². The highest BCUT2D eigenvalue weighted by Crippen LogP contribution is 2.20. The van der Waals surface area contributed by atoms with E-state index in [1.165, 1.54) is 18.5 Å². The van der Waals surface area contributed by atoms with Crippen molar-refractivity contribution in [1.82, 2.24) is 4.98 Å². The maximum absolute atomic E-state index is 12.9. The van der Waals surface area contributed by atoms with E-state index in [1.807, 2.05) is 0 Å². The van der Waals surface area contributed by atoms with Crippen molar-refractivity contribution >= 4 is 23.2 Å². The Balaban J connectivity index is 2.25. The van der Waals surface area contributed by atoms with Gasteiger partial charge in [-0.05, 0) is 18.2 Å². The fourth-order valence-electron chi connectivity index (χ4n) is 1.35. The lowest BCUT2D eigenvalue weighted by Crippen LogP contribution is -2.13. The van der Waals surface area contributed by atoms with Crippen molar-refractivity contribution in [2.75, 3.05) is 5.32 Å². The van der Waals surface area contributed by atoms with E-state index < -0.39 is 17.5 Å². The van der Waals surface area contributed by atoms with Crippen LogP contribution in [0.25, 0.3) is 0 Å². The molecule has 0 aliphatic heterocycles. The van der Waals surface area contributed by atoms with Crippen molar-refractivity contribution in [2.45, 2.75) is 0 Å². The Bertz CT molecular complexity index is 584. The molecule has 6 heteroatoms. The predicted molar refractivity (Wildman–Crippen MR) is 63.6 cm³/mol. The lowest BCUT2D eigenvalue weighted by molar-refractivity contribution is 0.102. The number of hydrogen-bond acceptors (Lipinski definition) is 2. The Morgan fingerprint density at radius 3 is 2.50 bits per heavy atom. The van der Waals surface area contributed by atoms with Crippen LogP contribution in [0.2, 0.25) is 5.02 Å². The summed E-state index contributed by atoms with van der Waals surface area (Å²) in [6.45, 7) is 0. The van der Waals surface area contributed by atoms with E-state index in [1.54, 1.807) is 0 Å². The van der Waals surface area contributed by atoms with Crippen LogP contribution in [0, 0.1) is 11.6 Å². The van der Waals surface area contributed by atoms with Gasteiger partial charge in [0.25, 0.3) is 5.91 Å². The average molecular weight is 269 g/mol. The van der Waals surface area contributed by atoms with Gasteiger partial charge in [-0.25, -0.2) is 8.78 Å². The minimum Gasteiger partial charge on any atom is -0.319 e. The number of rotatable bonds is 2. The maximum atomic E-state index is 12.9. The van der Waals surface area contributed by atoms with Crippen LogP contribution < -0.4 is 5.32 Å². The standard InChI is InChI=1S/C12H7ClF2N2O/c13-10-1-2-16-6-11(10)17-12(18)7-3-8(14)5-9(15)4-7/h1-6H,(H,17,18). The molecule has 2 rings (SSSR count). The van der Waals surface area contributed by atoms with Crippen molar-refractivity contribution < 1.29 is 13.6 Å². The van der Waals surface area contributed by atoms with E-state index in [0.29, 0.717) is 6.07 Å². The van der Waals surface area contributed by atoms with Crippen LogP contribution in [0.1, 0.15) is 10.4 Å².